The van der Waals surface area contributed by atoms with E-state index in [2.05, 4.69) is 15.3 Å². The number of anilines is 1. The molecule has 1 aliphatic carbocycles. The lowest BCUT2D eigenvalue weighted by Gasteiger charge is -2.23. The van der Waals surface area contributed by atoms with Crippen LogP contribution in [0.15, 0.2) is 30.2 Å². The summed E-state index contributed by atoms with van der Waals surface area (Å²) in [5.41, 5.74) is 1.27. The third-order valence-corrected chi connectivity index (χ3v) is 4.67. The molecule has 0 spiro atoms. The van der Waals surface area contributed by atoms with Crippen LogP contribution in [-0.4, -0.2) is 20.0 Å². The highest BCUT2D eigenvalue weighted by atomic mass is 32.2. The van der Waals surface area contributed by atoms with E-state index in [4.69, 9.17) is 0 Å². The quantitative estimate of drug-likeness (QED) is 0.937. The molecule has 2 aromatic rings. The average molecular weight is 309 g/mol. The molecule has 0 amide bonds. The highest BCUT2D eigenvalue weighted by molar-refractivity contribution is 8.02. The second-order valence-corrected chi connectivity index (χ2v) is 6.11. The first-order chi connectivity index (χ1) is 10.2. The van der Waals surface area contributed by atoms with Crippen LogP contribution in [0.4, 0.5) is 14.5 Å². The van der Waals surface area contributed by atoms with Crippen molar-refractivity contribution >= 4 is 17.4 Å². The molecule has 2 aromatic heterocycles. The maximum atomic E-state index is 13.3. The first kappa shape index (κ1) is 12.9. The van der Waals surface area contributed by atoms with Gasteiger partial charge >= 0.3 is 0 Å². The van der Waals surface area contributed by atoms with Gasteiger partial charge in [0.25, 0.3) is 6.43 Å². The Morgan fingerprint density at radius 1 is 1.38 bits per heavy atom. The molecular formula is C13H13F2N5S. The van der Waals surface area contributed by atoms with Gasteiger partial charge in [0.05, 0.1) is 17.9 Å². The second kappa shape index (κ2) is 4.87. The summed E-state index contributed by atoms with van der Waals surface area (Å²) in [6.07, 6.45) is 6.50. The van der Waals surface area contributed by atoms with Crippen molar-refractivity contribution in [2.24, 2.45) is 0 Å². The van der Waals surface area contributed by atoms with E-state index in [1.165, 1.54) is 0 Å². The summed E-state index contributed by atoms with van der Waals surface area (Å²) in [6.45, 7) is 0. The monoisotopic (exact) mass is 309 g/mol. The van der Waals surface area contributed by atoms with Crippen molar-refractivity contribution in [3.63, 3.8) is 0 Å². The number of aromatic amines is 1. The number of H-pyrrole nitrogens is 1. The van der Waals surface area contributed by atoms with E-state index in [0.29, 0.717) is 5.69 Å². The van der Waals surface area contributed by atoms with Crippen LogP contribution in [0.5, 0.6) is 0 Å². The largest absolute Gasteiger partial charge is 0.327 e. The number of nitrogens with one attached hydrogen (secondary N) is 1. The van der Waals surface area contributed by atoms with Gasteiger partial charge in [-0.15, -0.1) is 11.8 Å². The van der Waals surface area contributed by atoms with Gasteiger partial charge in [-0.1, -0.05) is 0 Å². The van der Waals surface area contributed by atoms with Crippen LogP contribution >= 0.6 is 11.8 Å². The Balaban J connectivity index is 1.72. The van der Waals surface area contributed by atoms with Crippen LogP contribution in [0.3, 0.4) is 0 Å². The lowest BCUT2D eigenvalue weighted by Crippen LogP contribution is -2.17. The SMILES string of the molecule is FC(F)c1nn(C2CC2)cc1N1C=CSC1c1cn[nH]c1. The number of nitrogens with zero attached hydrogens (tertiary/aromatic N) is 4. The maximum absolute atomic E-state index is 13.3. The Labute approximate surface area is 124 Å². The van der Waals surface area contributed by atoms with Gasteiger partial charge in [-0.25, -0.2) is 8.78 Å². The molecule has 8 heteroatoms. The van der Waals surface area contributed by atoms with E-state index < -0.39 is 6.43 Å². The lowest BCUT2D eigenvalue weighted by atomic mass is 10.3. The molecule has 1 aliphatic heterocycles. The molecule has 21 heavy (non-hydrogen) atoms. The zero-order valence-corrected chi connectivity index (χ0v) is 11.8. The van der Waals surface area contributed by atoms with Crippen molar-refractivity contribution in [2.45, 2.75) is 30.7 Å². The molecule has 0 aromatic carbocycles. The van der Waals surface area contributed by atoms with Crippen LogP contribution in [0.2, 0.25) is 0 Å². The van der Waals surface area contributed by atoms with E-state index in [1.54, 1.807) is 35.0 Å². The standard InChI is InChI=1S/C13H13F2N5S/c14-12(15)11-10(7-20(18-11)9-1-2-9)19-3-4-21-13(19)8-5-16-17-6-8/h3-7,9,12-13H,1-2H2,(H,16,17). The summed E-state index contributed by atoms with van der Waals surface area (Å²) in [5.74, 6) is 0. The number of rotatable bonds is 4. The van der Waals surface area contributed by atoms with Crippen molar-refractivity contribution in [2.75, 3.05) is 4.90 Å². The summed E-state index contributed by atoms with van der Waals surface area (Å²) in [7, 11) is 0. The fourth-order valence-electron chi connectivity index (χ4n) is 2.44. The van der Waals surface area contributed by atoms with Crippen molar-refractivity contribution in [3.8, 4) is 0 Å². The van der Waals surface area contributed by atoms with Crippen LogP contribution in [0.25, 0.3) is 0 Å². The zero-order valence-electron chi connectivity index (χ0n) is 11.0. The Morgan fingerprint density at radius 3 is 2.90 bits per heavy atom. The predicted molar refractivity (Wildman–Crippen MR) is 76.0 cm³/mol. The molecule has 1 saturated carbocycles. The van der Waals surface area contributed by atoms with E-state index in [1.807, 2.05) is 16.5 Å². The number of aromatic nitrogens is 4. The summed E-state index contributed by atoms with van der Waals surface area (Å²) < 4.78 is 28.3. The van der Waals surface area contributed by atoms with Gasteiger partial charge in [0.15, 0.2) is 5.69 Å². The Morgan fingerprint density at radius 2 is 2.24 bits per heavy atom. The first-order valence-corrected chi connectivity index (χ1v) is 7.64. The smallest absolute Gasteiger partial charge is 0.284 e. The molecule has 5 nitrogen and oxygen atoms in total. The Hall–Kier alpha value is -1.83. The van der Waals surface area contributed by atoms with Gasteiger partial charge in [-0.2, -0.15) is 10.2 Å². The van der Waals surface area contributed by atoms with E-state index in [0.717, 1.165) is 18.4 Å². The maximum Gasteiger partial charge on any atom is 0.284 e. The third-order valence-electron chi connectivity index (χ3n) is 3.63. The molecule has 1 N–H and O–H groups in total. The molecule has 2 aliphatic rings. The number of hydrogen-bond acceptors (Lipinski definition) is 4. The van der Waals surface area contributed by atoms with Crippen molar-refractivity contribution in [3.05, 3.63) is 41.5 Å². The number of alkyl halides is 2. The molecule has 0 saturated heterocycles. The first-order valence-electron chi connectivity index (χ1n) is 6.70. The number of halogens is 2. The van der Waals surface area contributed by atoms with Crippen LogP contribution in [0, 0.1) is 0 Å². The highest BCUT2D eigenvalue weighted by Gasteiger charge is 2.33. The fourth-order valence-corrected chi connectivity index (χ4v) is 3.39. The number of thioether (sulfide) groups is 1. The van der Waals surface area contributed by atoms with Crippen LogP contribution in [-0.2, 0) is 0 Å². The third kappa shape index (κ3) is 2.23. The molecule has 0 radical (unpaired) electrons. The molecule has 110 valence electrons. The van der Waals surface area contributed by atoms with Crippen LogP contribution < -0.4 is 4.90 Å². The van der Waals surface area contributed by atoms with Gasteiger partial charge in [-0.3, -0.25) is 9.78 Å². The van der Waals surface area contributed by atoms with Gasteiger partial charge in [-0.05, 0) is 18.2 Å². The lowest BCUT2D eigenvalue weighted by molar-refractivity contribution is 0.145. The van der Waals surface area contributed by atoms with Crippen LogP contribution in [0.1, 0.15) is 41.9 Å². The summed E-state index contributed by atoms with van der Waals surface area (Å²) >= 11 is 1.56. The zero-order chi connectivity index (χ0) is 14.4. The topological polar surface area (TPSA) is 49.7 Å². The Bertz CT molecular complexity index is 662. The van der Waals surface area contributed by atoms with Crippen molar-refractivity contribution in [1.82, 2.24) is 20.0 Å². The number of hydrogen-bond donors (Lipinski definition) is 1. The van der Waals surface area contributed by atoms with E-state index in [9.17, 15) is 8.78 Å². The van der Waals surface area contributed by atoms with Crippen molar-refractivity contribution < 1.29 is 8.78 Å². The molecule has 3 heterocycles. The predicted octanol–water partition coefficient (Wildman–Crippen LogP) is 3.60. The van der Waals surface area contributed by atoms with Gasteiger partial charge < -0.3 is 4.90 Å². The second-order valence-electron chi connectivity index (χ2n) is 5.12. The van der Waals surface area contributed by atoms with Gasteiger partial charge in [0.1, 0.15) is 5.37 Å². The minimum Gasteiger partial charge on any atom is -0.327 e. The van der Waals surface area contributed by atoms with Crippen molar-refractivity contribution in [1.29, 1.82) is 0 Å². The van der Waals surface area contributed by atoms with E-state index in [-0.39, 0.29) is 17.1 Å². The molecule has 4 rings (SSSR count). The fraction of sp³-hybridized carbons (Fsp3) is 0.385. The molecule has 1 atom stereocenters. The highest BCUT2D eigenvalue weighted by Crippen LogP contribution is 2.45. The molecule has 0 bridgehead atoms. The van der Waals surface area contributed by atoms with E-state index >= 15 is 0 Å². The minimum atomic E-state index is -2.58. The summed E-state index contributed by atoms with van der Waals surface area (Å²) in [6, 6.07) is 0.280. The average Bonchev–Trinajstić information content (AvgIpc) is 2.94. The molecular weight excluding hydrogens is 296 g/mol. The normalized spacial score (nSPS) is 21.7. The van der Waals surface area contributed by atoms with Gasteiger partial charge in [0.2, 0.25) is 0 Å². The molecule has 1 unspecified atom stereocenters. The summed E-state index contributed by atoms with van der Waals surface area (Å²) in [5, 5.41) is 12.6. The summed E-state index contributed by atoms with van der Waals surface area (Å²) in [4.78, 5) is 1.84. The minimum absolute atomic E-state index is 0.0851. The van der Waals surface area contributed by atoms with Gasteiger partial charge in [0, 0.05) is 24.2 Å². The molecule has 1 fully saturated rings. The Kier molecular flexibility index (Phi) is 2.99.